The molecule has 1 aromatic carbocycles. The summed E-state index contributed by atoms with van der Waals surface area (Å²) in [6, 6.07) is 9.05. The largest absolute Gasteiger partial charge is 0.416 e. The minimum atomic E-state index is -4.97. The molecule has 2 amide bonds. The molecule has 5 rings (SSSR count). The third-order valence-electron chi connectivity index (χ3n) is 6.51. The lowest BCUT2D eigenvalue weighted by Gasteiger charge is -2.15. The lowest BCUT2D eigenvalue weighted by molar-refractivity contribution is -0.207. The highest BCUT2D eigenvalue weighted by Gasteiger charge is 2.55. The number of anilines is 1. The first-order valence-corrected chi connectivity index (χ1v) is 12.4. The molecule has 0 unspecified atom stereocenters. The van der Waals surface area contributed by atoms with Crippen LogP contribution in [0.2, 0.25) is 5.02 Å². The molecule has 41 heavy (non-hydrogen) atoms. The Hall–Kier alpha value is -4.57. The standard InChI is InChI=1S/C24H21ClF3N9O4/c25-14-5-3-13(4-6-14)19-34-36(22(41)35(19)10-16(38)24(26,27)28)11-17-31-12-37(33-17)15-2-1-9-30-18(15)32-21(40)23(7-8-23)20(29)39/h1-6,9,12,16,38H,7-8,10-11H2,(H2,29,39)(H,30,32,40)/t16-/m0/s1. The van der Waals surface area contributed by atoms with E-state index < -0.39 is 41.7 Å². The van der Waals surface area contributed by atoms with Crippen LogP contribution in [0.4, 0.5) is 19.0 Å². The highest BCUT2D eigenvalue weighted by Crippen LogP contribution is 2.46. The summed E-state index contributed by atoms with van der Waals surface area (Å²) in [6.45, 7) is -1.43. The lowest BCUT2D eigenvalue weighted by Crippen LogP contribution is -2.37. The number of nitrogens with zero attached hydrogens (tertiary/aromatic N) is 7. The maximum atomic E-state index is 13.1. The molecule has 1 aliphatic carbocycles. The number of carbonyl (C=O) groups excluding carboxylic acids is 2. The van der Waals surface area contributed by atoms with Gasteiger partial charge in [0.1, 0.15) is 24.0 Å². The van der Waals surface area contributed by atoms with Gasteiger partial charge in [-0.3, -0.25) is 14.2 Å². The molecule has 4 N–H and O–H groups in total. The van der Waals surface area contributed by atoms with Crippen LogP contribution in [0.3, 0.4) is 0 Å². The number of hydrogen-bond acceptors (Lipinski definition) is 8. The van der Waals surface area contributed by atoms with Crippen molar-refractivity contribution in [3.8, 4) is 17.1 Å². The molecule has 1 saturated carbocycles. The highest BCUT2D eigenvalue weighted by atomic mass is 35.5. The molecule has 1 aliphatic rings. The van der Waals surface area contributed by atoms with Gasteiger partial charge < -0.3 is 16.2 Å². The minimum Gasteiger partial charge on any atom is -0.382 e. The number of nitrogens with two attached hydrogens (primary N) is 1. The summed E-state index contributed by atoms with van der Waals surface area (Å²) >= 11 is 5.91. The molecule has 3 heterocycles. The Morgan fingerprint density at radius 1 is 1.15 bits per heavy atom. The number of benzene rings is 1. The van der Waals surface area contributed by atoms with Crippen LogP contribution in [0.25, 0.3) is 17.1 Å². The Morgan fingerprint density at radius 2 is 1.85 bits per heavy atom. The number of carbonyl (C=O) groups is 2. The van der Waals surface area contributed by atoms with E-state index in [9.17, 15) is 32.7 Å². The number of pyridine rings is 1. The molecule has 0 bridgehead atoms. The van der Waals surface area contributed by atoms with Gasteiger partial charge in [0.2, 0.25) is 11.8 Å². The Bertz CT molecular complexity index is 1680. The van der Waals surface area contributed by atoms with E-state index in [0.29, 0.717) is 28.0 Å². The van der Waals surface area contributed by atoms with Crippen molar-refractivity contribution in [3.63, 3.8) is 0 Å². The van der Waals surface area contributed by atoms with E-state index >= 15 is 0 Å². The van der Waals surface area contributed by atoms with Gasteiger partial charge in [0, 0.05) is 16.8 Å². The summed E-state index contributed by atoms with van der Waals surface area (Å²) in [5.74, 6) is -1.34. The topological polar surface area (TPSA) is 176 Å². The van der Waals surface area contributed by atoms with Gasteiger partial charge in [0.05, 0.1) is 6.54 Å². The number of alkyl halides is 3. The van der Waals surface area contributed by atoms with Gasteiger partial charge in [0.25, 0.3) is 0 Å². The Morgan fingerprint density at radius 3 is 2.49 bits per heavy atom. The van der Waals surface area contributed by atoms with Crippen molar-refractivity contribution in [2.24, 2.45) is 11.1 Å². The number of hydrogen-bond donors (Lipinski definition) is 3. The van der Waals surface area contributed by atoms with Gasteiger partial charge in [-0.15, -0.1) is 10.2 Å². The van der Waals surface area contributed by atoms with Gasteiger partial charge in [-0.05, 0) is 49.2 Å². The smallest absolute Gasteiger partial charge is 0.382 e. The normalized spacial score (nSPS) is 15.0. The van der Waals surface area contributed by atoms with Crippen molar-refractivity contribution in [2.75, 3.05) is 5.32 Å². The predicted octanol–water partition coefficient (Wildman–Crippen LogP) is 1.52. The van der Waals surface area contributed by atoms with E-state index in [2.05, 4.69) is 25.5 Å². The van der Waals surface area contributed by atoms with Gasteiger partial charge in [-0.25, -0.2) is 24.1 Å². The van der Waals surface area contributed by atoms with Crippen LogP contribution in [0.5, 0.6) is 0 Å². The fraction of sp³-hybridized carbons (Fsp3) is 0.292. The third-order valence-corrected chi connectivity index (χ3v) is 6.76. The van der Waals surface area contributed by atoms with Gasteiger partial charge in [0.15, 0.2) is 23.6 Å². The predicted molar refractivity (Wildman–Crippen MR) is 137 cm³/mol. The first-order valence-electron chi connectivity index (χ1n) is 12.0. The van der Waals surface area contributed by atoms with Crippen molar-refractivity contribution < 1.29 is 27.9 Å². The van der Waals surface area contributed by atoms with E-state index in [4.69, 9.17) is 17.3 Å². The number of halogens is 4. The van der Waals surface area contributed by atoms with Crippen LogP contribution >= 0.6 is 11.6 Å². The molecular formula is C24H21ClF3N9O4. The molecule has 13 nitrogen and oxygen atoms in total. The summed E-state index contributed by atoms with van der Waals surface area (Å²) in [5, 5.41) is 21.1. The molecule has 1 fully saturated rings. The fourth-order valence-corrected chi connectivity index (χ4v) is 4.16. The van der Waals surface area contributed by atoms with Crippen LogP contribution in [-0.2, 0) is 22.7 Å². The molecule has 0 aliphatic heterocycles. The summed E-state index contributed by atoms with van der Waals surface area (Å²) in [4.78, 5) is 45.8. The van der Waals surface area contributed by atoms with Crippen LogP contribution < -0.4 is 16.7 Å². The molecule has 3 aromatic heterocycles. The number of nitrogens with one attached hydrogen (secondary N) is 1. The first kappa shape index (κ1) is 28.0. The molecular weight excluding hydrogens is 571 g/mol. The molecule has 0 saturated heterocycles. The molecule has 214 valence electrons. The summed E-state index contributed by atoms with van der Waals surface area (Å²) < 4.78 is 42.1. The number of aromatic nitrogens is 7. The second kappa shape index (κ2) is 10.4. The SMILES string of the molecule is NC(=O)C1(C(=O)Nc2ncccc2-n2cnc(Cn3nc(-c4ccc(Cl)cc4)n(C[C@H](O)C(F)(F)F)c3=O)n2)CC1. The van der Waals surface area contributed by atoms with E-state index in [1.54, 1.807) is 12.1 Å². The zero-order valence-electron chi connectivity index (χ0n) is 20.9. The van der Waals surface area contributed by atoms with Crippen LogP contribution in [0.15, 0.2) is 53.7 Å². The lowest BCUT2D eigenvalue weighted by atomic mass is 10.1. The van der Waals surface area contributed by atoms with E-state index in [-0.39, 0.29) is 29.7 Å². The number of aliphatic hydroxyl groups is 1. The quantitative estimate of drug-likeness (QED) is 0.245. The number of primary amides is 1. The van der Waals surface area contributed by atoms with E-state index in [1.165, 1.54) is 41.5 Å². The number of aliphatic hydroxyl groups excluding tert-OH is 1. The highest BCUT2D eigenvalue weighted by molar-refractivity contribution is 6.30. The summed E-state index contributed by atoms with van der Waals surface area (Å²) in [5.41, 5.74) is 3.72. The van der Waals surface area contributed by atoms with Crippen molar-refractivity contribution in [1.82, 2.24) is 34.1 Å². The Kier molecular flexibility index (Phi) is 7.12. The average molecular weight is 592 g/mol. The Labute approximate surface area is 233 Å². The van der Waals surface area contributed by atoms with Crippen LogP contribution in [-0.4, -0.2) is 63.3 Å². The fourth-order valence-electron chi connectivity index (χ4n) is 4.03. The van der Waals surface area contributed by atoms with Gasteiger partial charge in [-0.2, -0.15) is 13.2 Å². The van der Waals surface area contributed by atoms with Crippen molar-refractivity contribution in [1.29, 1.82) is 0 Å². The van der Waals surface area contributed by atoms with Gasteiger partial charge >= 0.3 is 11.9 Å². The molecule has 4 aromatic rings. The Balaban J connectivity index is 1.44. The minimum absolute atomic E-state index is 0.0488. The summed E-state index contributed by atoms with van der Waals surface area (Å²) in [6.07, 6.45) is -4.44. The number of rotatable bonds is 9. The van der Waals surface area contributed by atoms with Crippen LogP contribution in [0, 0.1) is 5.41 Å². The second-order valence-electron chi connectivity index (χ2n) is 9.32. The first-order chi connectivity index (χ1) is 19.4. The summed E-state index contributed by atoms with van der Waals surface area (Å²) in [7, 11) is 0. The van der Waals surface area contributed by atoms with Crippen molar-refractivity contribution >= 4 is 29.2 Å². The molecule has 0 radical (unpaired) electrons. The molecule has 17 heteroatoms. The zero-order valence-corrected chi connectivity index (χ0v) is 21.7. The van der Waals surface area contributed by atoms with Crippen molar-refractivity contribution in [2.45, 2.75) is 38.2 Å². The molecule has 1 atom stereocenters. The maximum absolute atomic E-state index is 13.1. The zero-order chi connectivity index (χ0) is 29.5. The van der Waals surface area contributed by atoms with E-state index in [1.807, 2.05) is 0 Å². The second-order valence-corrected chi connectivity index (χ2v) is 9.75. The van der Waals surface area contributed by atoms with Gasteiger partial charge in [-0.1, -0.05) is 11.6 Å². The van der Waals surface area contributed by atoms with Crippen LogP contribution in [0.1, 0.15) is 18.7 Å². The van der Waals surface area contributed by atoms with Crippen molar-refractivity contribution in [3.05, 3.63) is 70.3 Å². The monoisotopic (exact) mass is 591 g/mol. The number of amides is 2. The molecule has 0 spiro atoms. The maximum Gasteiger partial charge on any atom is 0.416 e. The third kappa shape index (κ3) is 5.55. The van der Waals surface area contributed by atoms with E-state index in [0.717, 1.165) is 4.68 Å². The average Bonchev–Trinajstić information content (AvgIpc) is 3.54.